The Hall–Kier alpha value is -0.660. The Labute approximate surface area is 115 Å². The van der Waals surface area contributed by atoms with Crippen LogP contribution in [0.25, 0.3) is 0 Å². The molecule has 0 aliphatic heterocycles. The predicted molar refractivity (Wildman–Crippen MR) is 67.3 cm³/mol. The second-order valence-corrected chi connectivity index (χ2v) is 5.18. The van der Waals surface area contributed by atoms with Crippen LogP contribution < -0.4 is 5.11 Å². The van der Waals surface area contributed by atoms with Crippen molar-refractivity contribution in [2.75, 3.05) is 0 Å². The molecule has 19 heavy (non-hydrogen) atoms. The summed E-state index contributed by atoms with van der Waals surface area (Å²) >= 11 is 0. The molecular weight excluding hydrogens is 272 g/mol. The zero-order valence-corrected chi connectivity index (χ0v) is 12.2. The highest BCUT2D eigenvalue weighted by Crippen LogP contribution is 2.09. The highest BCUT2D eigenvalue weighted by molar-refractivity contribution is 7.79. The molecule has 0 bridgehead atoms. The first kappa shape index (κ1) is 20.7. The molecule has 0 saturated heterocycles. The van der Waals surface area contributed by atoms with Crippen molar-refractivity contribution in [3.63, 3.8) is 0 Å². The third-order valence-electron chi connectivity index (χ3n) is 2.48. The largest absolute Gasteiger partial charge is 0.759 e. The fourth-order valence-electron chi connectivity index (χ4n) is 1.58. The minimum absolute atomic E-state index is 0.232. The van der Waals surface area contributed by atoms with E-state index in [1.165, 1.54) is 44.9 Å². The highest BCUT2D eigenvalue weighted by atomic mass is 32.3. The summed E-state index contributed by atoms with van der Waals surface area (Å²) in [5.41, 5.74) is 0. The third kappa shape index (κ3) is 38.2. The van der Waals surface area contributed by atoms with Crippen LogP contribution in [-0.2, 0) is 15.2 Å². The summed E-state index contributed by atoms with van der Waals surface area (Å²) in [6.45, 7) is 2.22. The lowest BCUT2D eigenvalue weighted by atomic mass is 10.1. The van der Waals surface area contributed by atoms with Gasteiger partial charge in [-0.05, 0) is 12.8 Å². The molecule has 0 radical (unpaired) electrons. The van der Waals surface area contributed by atoms with Gasteiger partial charge in [-0.2, -0.15) is 0 Å². The Balaban J connectivity index is 0. The van der Waals surface area contributed by atoms with Gasteiger partial charge in [0.2, 0.25) is 0 Å². The van der Waals surface area contributed by atoms with Crippen LogP contribution in [0.2, 0.25) is 0 Å². The van der Waals surface area contributed by atoms with E-state index in [9.17, 15) is 9.90 Å². The average Bonchev–Trinajstić information content (AvgIpc) is 2.24. The molecule has 0 fully saturated rings. The second kappa shape index (κ2) is 13.8. The van der Waals surface area contributed by atoms with Crippen LogP contribution >= 0.6 is 0 Å². The fourth-order valence-corrected chi connectivity index (χ4v) is 1.58. The molecule has 0 rings (SSSR count). The number of carboxylic acid groups (broad SMARTS) is 1. The number of hydrogen-bond donors (Lipinski definition) is 0. The molecule has 6 nitrogen and oxygen atoms in total. The predicted octanol–water partition coefficient (Wildman–Crippen LogP) is 1.32. The monoisotopic (exact) mass is 295 g/mol. The molecule has 0 atom stereocenters. The SMILES string of the molecule is CCCCCCCCCCCC(=O)[O-].O=S(=O)([O-])[O-]. The standard InChI is InChI=1S/C12H24O2.H2O4S/c1-2-3-4-5-6-7-8-9-10-11-12(13)14;1-5(2,3)4/h2-11H2,1H3,(H,13,14);(H2,1,2,3,4)/p-3. The van der Waals surface area contributed by atoms with E-state index >= 15 is 0 Å². The molecule has 7 heteroatoms. The third-order valence-corrected chi connectivity index (χ3v) is 2.48. The summed E-state index contributed by atoms with van der Waals surface area (Å²) < 4.78 is 34.1. The fraction of sp³-hybridized carbons (Fsp3) is 0.917. The number of carboxylic acids is 1. The van der Waals surface area contributed by atoms with Crippen molar-refractivity contribution < 1.29 is 27.4 Å². The maximum Gasteiger partial charge on any atom is 0.0414 e. The van der Waals surface area contributed by atoms with Gasteiger partial charge < -0.3 is 19.0 Å². The molecule has 0 aromatic carbocycles. The summed E-state index contributed by atoms with van der Waals surface area (Å²) in [7, 11) is -5.17. The maximum atomic E-state index is 10.1. The van der Waals surface area contributed by atoms with E-state index in [2.05, 4.69) is 6.92 Å². The van der Waals surface area contributed by atoms with Gasteiger partial charge in [-0.15, -0.1) is 0 Å². The molecule has 0 spiro atoms. The van der Waals surface area contributed by atoms with Crippen LogP contribution in [0.5, 0.6) is 0 Å². The Morgan fingerprint density at radius 2 is 1.16 bits per heavy atom. The zero-order valence-electron chi connectivity index (χ0n) is 11.4. The number of carbonyl (C=O) groups is 1. The van der Waals surface area contributed by atoms with Crippen molar-refractivity contribution in [3.05, 3.63) is 0 Å². The summed E-state index contributed by atoms with van der Waals surface area (Å²) in [5.74, 6) is -0.909. The van der Waals surface area contributed by atoms with Gasteiger partial charge in [-0.1, -0.05) is 58.3 Å². The Kier molecular flexibility index (Phi) is 15.0. The van der Waals surface area contributed by atoms with Crippen molar-refractivity contribution in [2.45, 2.75) is 71.1 Å². The molecule has 0 N–H and O–H groups in total. The molecule has 0 aromatic heterocycles. The van der Waals surface area contributed by atoms with Gasteiger partial charge in [0.15, 0.2) is 0 Å². The van der Waals surface area contributed by atoms with Gasteiger partial charge >= 0.3 is 0 Å². The van der Waals surface area contributed by atoms with E-state index in [1.54, 1.807) is 0 Å². The van der Waals surface area contributed by atoms with Crippen molar-refractivity contribution >= 4 is 16.4 Å². The smallest absolute Gasteiger partial charge is 0.0414 e. The van der Waals surface area contributed by atoms with E-state index < -0.39 is 16.4 Å². The van der Waals surface area contributed by atoms with Gasteiger partial charge in [0, 0.05) is 16.4 Å². The van der Waals surface area contributed by atoms with E-state index in [0.717, 1.165) is 12.8 Å². The molecule has 0 aliphatic carbocycles. The lowest BCUT2D eigenvalue weighted by Gasteiger charge is -2.06. The molecule has 0 amide bonds. The van der Waals surface area contributed by atoms with E-state index in [4.69, 9.17) is 17.5 Å². The number of rotatable bonds is 10. The van der Waals surface area contributed by atoms with Gasteiger partial charge in [-0.3, -0.25) is 8.42 Å². The van der Waals surface area contributed by atoms with Crippen LogP contribution in [0, 0.1) is 0 Å². The normalized spacial score (nSPS) is 10.7. The number of carbonyl (C=O) groups excluding carboxylic acids is 1. The summed E-state index contributed by atoms with van der Waals surface area (Å²) in [6.07, 6.45) is 11.2. The lowest BCUT2D eigenvalue weighted by molar-refractivity contribution is -0.305. The van der Waals surface area contributed by atoms with Gasteiger partial charge in [0.05, 0.1) is 0 Å². The number of aliphatic carboxylic acids is 1. The van der Waals surface area contributed by atoms with Crippen LogP contribution in [-0.4, -0.2) is 23.5 Å². The minimum Gasteiger partial charge on any atom is -0.759 e. The molecule has 116 valence electrons. The minimum atomic E-state index is -5.17. The quantitative estimate of drug-likeness (QED) is 0.340. The topological polar surface area (TPSA) is 120 Å². The Morgan fingerprint density at radius 3 is 1.47 bits per heavy atom. The molecule has 0 aliphatic rings. The molecule has 0 heterocycles. The molecular formula is C12H23O6S-3. The maximum absolute atomic E-state index is 10.1. The Bertz CT molecular complexity index is 291. The van der Waals surface area contributed by atoms with Crippen LogP contribution in [0.15, 0.2) is 0 Å². The Morgan fingerprint density at radius 1 is 0.842 bits per heavy atom. The zero-order chi connectivity index (χ0) is 15.1. The van der Waals surface area contributed by atoms with Crippen LogP contribution in [0.4, 0.5) is 0 Å². The molecule has 0 aromatic rings. The van der Waals surface area contributed by atoms with Gasteiger partial charge in [0.25, 0.3) is 0 Å². The summed E-state index contributed by atoms with van der Waals surface area (Å²) in [6, 6.07) is 0. The van der Waals surface area contributed by atoms with Crippen molar-refractivity contribution in [1.29, 1.82) is 0 Å². The summed E-state index contributed by atoms with van der Waals surface area (Å²) in [5, 5.41) is 10.1. The number of unbranched alkanes of at least 4 members (excludes halogenated alkanes) is 8. The average molecular weight is 295 g/mol. The number of hydrogen-bond acceptors (Lipinski definition) is 6. The van der Waals surface area contributed by atoms with E-state index in [0.29, 0.717) is 0 Å². The first-order chi connectivity index (χ1) is 8.77. The molecule has 0 saturated carbocycles. The van der Waals surface area contributed by atoms with E-state index in [-0.39, 0.29) is 6.42 Å². The lowest BCUT2D eigenvalue weighted by Crippen LogP contribution is -2.21. The van der Waals surface area contributed by atoms with E-state index in [1.807, 2.05) is 0 Å². The first-order valence-corrected chi connectivity index (χ1v) is 7.97. The van der Waals surface area contributed by atoms with Crippen molar-refractivity contribution in [2.24, 2.45) is 0 Å². The van der Waals surface area contributed by atoms with Crippen LogP contribution in [0.1, 0.15) is 71.1 Å². The van der Waals surface area contributed by atoms with Gasteiger partial charge in [0.1, 0.15) is 0 Å². The highest BCUT2D eigenvalue weighted by Gasteiger charge is 1.92. The first-order valence-electron chi connectivity index (χ1n) is 6.64. The van der Waals surface area contributed by atoms with Crippen molar-refractivity contribution in [3.8, 4) is 0 Å². The van der Waals surface area contributed by atoms with Crippen LogP contribution in [0.3, 0.4) is 0 Å². The van der Waals surface area contributed by atoms with Gasteiger partial charge in [-0.25, -0.2) is 0 Å². The summed E-state index contributed by atoms with van der Waals surface area (Å²) in [4.78, 5) is 10.1. The van der Waals surface area contributed by atoms with Crippen molar-refractivity contribution in [1.82, 2.24) is 0 Å². The molecule has 0 unspecified atom stereocenters. The second-order valence-electron chi connectivity index (χ2n) is 4.36.